The normalized spacial score (nSPS) is 17.2. The first-order chi connectivity index (χ1) is 5.61. The van der Waals surface area contributed by atoms with E-state index in [9.17, 15) is 0 Å². The summed E-state index contributed by atoms with van der Waals surface area (Å²) >= 11 is 0. The highest BCUT2D eigenvalue weighted by Gasteiger charge is 2.39. The van der Waals surface area contributed by atoms with Crippen molar-refractivity contribution in [2.75, 3.05) is 0 Å². The zero-order chi connectivity index (χ0) is 10.9. The minimum absolute atomic E-state index is 0.347. The van der Waals surface area contributed by atoms with E-state index in [2.05, 4.69) is 55.0 Å². The van der Waals surface area contributed by atoms with Crippen LogP contribution in [0.4, 0.5) is 0 Å². The molecule has 0 spiro atoms. The SMILES string of the molecule is C=C(C)CC(C)(C(C)C)C(C)(C)C. The minimum Gasteiger partial charge on any atom is -0.100 e. The van der Waals surface area contributed by atoms with Crippen molar-refractivity contribution in [1.29, 1.82) is 0 Å². The summed E-state index contributed by atoms with van der Waals surface area (Å²) < 4.78 is 0. The predicted octanol–water partition coefficient (Wildman–Crippen LogP) is 4.66. The van der Waals surface area contributed by atoms with E-state index in [4.69, 9.17) is 0 Å². The summed E-state index contributed by atoms with van der Waals surface area (Å²) in [5.41, 5.74) is 2.00. The van der Waals surface area contributed by atoms with Crippen LogP contribution in [0.15, 0.2) is 12.2 Å². The summed E-state index contributed by atoms with van der Waals surface area (Å²) in [6, 6.07) is 0. The Hall–Kier alpha value is -0.260. The Bertz CT molecular complexity index is 181. The molecule has 0 nitrogen and oxygen atoms in total. The first kappa shape index (κ1) is 12.7. The Labute approximate surface area is 84.4 Å². The number of hydrogen-bond acceptors (Lipinski definition) is 0. The van der Waals surface area contributed by atoms with Crippen molar-refractivity contribution in [3.05, 3.63) is 12.2 Å². The van der Waals surface area contributed by atoms with E-state index in [1.807, 2.05) is 0 Å². The summed E-state index contributed by atoms with van der Waals surface area (Å²) in [7, 11) is 0. The molecule has 0 N–H and O–H groups in total. The molecule has 0 bridgehead atoms. The van der Waals surface area contributed by atoms with Crippen molar-refractivity contribution in [1.82, 2.24) is 0 Å². The first-order valence-electron chi connectivity index (χ1n) is 5.25. The van der Waals surface area contributed by atoms with Gasteiger partial charge in [-0.05, 0) is 30.1 Å². The van der Waals surface area contributed by atoms with Gasteiger partial charge in [0.05, 0.1) is 0 Å². The van der Waals surface area contributed by atoms with Crippen LogP contribution in [0.2, 0.25) is 0 Å². The lowest BCUT2D eigenvalue weighted by Gasteiger charge is -2.46. The lowest BCUT2D eigenvalue weighted by Crippen LogP contribution is -2.37. The molecule has 0 amide bonds. The third kappa shape index (κ3) is 2.86. The highest BCUT2D eigenvalue weighted by atomic mass is 14.4. The van der Waals surface area contributed by atoms with E-state index >= 15 is 0 Å². The Morgan fingerprint density at radius 1 is 1.15 bits per heavy atom. The number of hydrogen-bond donors (Lipinski definition) is 0. The van der Waals surface area contributed by atoms with Crippen molar-refractivity contribution in [2.45, 2.75) is 54.9 Å². The molecule has 0 rings (SSSR count). The second kappa shape index (κ2) is 3.86. The van der Waals surface area contributed by atoms with Gasteiger partial charge in [0, 0.05) is 0 Å². The van der Waals surface area contributed by atoms with Crippen molar-refractivity contribution in [3.63, 3.8) is 0 Å². The molecule has 0 aromatic carbocycles. The Morgan fingerprint density at radius 3 is 1.62 bits per heavy atom. The molecule has 0 aromatic rings. The largest absolute Gasteiger partial charge is 0.100 e. The molecular weight excluding hydrogens is 156 g/mol. The maximum atomic E-state index is 4.04. The average Bonchev–Trinajstić information content (AvgIpc) is 1.82. The van der Waals surface area contributed by atoms with Gasteiger partial charge in [0.1, 0.15) is 0 Å². The summed E-state index contributed by atoms with van der Waals surface area (Å²) in [5, 5.41) is 0. The molecule has 0 aliphatic heterocycles. The Balaban J connectivity index is 4.85. The molecule has 0 aliphatic rings. The fraction of sp³-hybridized carbons (Fsp3) is 0.846. The molecule has 0 aliphatic carbocycles. The highest BCUT2D eigenvalue weighted by molar-refractivity contribution is 5.00. The predicted molar refractivity (Wildman–Crippen MR) is 61.8 cm³/mol. The summed E-state index contributed by atoms with van der Waals surface area (Å²) in [5.74, 6) is 0.698. The molecule has 0 saturated heterocycles. The van der Waals surface area contributed by atoms with Gasteiger partial charge in [0.25, 0.3) is 0 Å². The summed E-state index contributed by atoms with van der Waals surface area (Å²) in [4.78, 5) is 0. The summed E-state index contributed by atoms with van der Waals surface area (Å²) in [6.07, 6.45) is 1.13. The fourth-order valence-corrected chi connectivity index (χ4v) is 1.96. The number of rotatable bonds is 3. The standard InChI is InChI=1S/C13H26/c1-10(2)9-13(8,11(3)4)12(5,6)7/h11H,1,9H2,2-8H3. The second-order valence-corrected chi connectivity index (χ2v) is 5.96. The van der Waals surface area contributed by atoms with Crippen LogP contribution < -0.4 is 0 Å². The molecule has 0 heteroatoms. The lowest BCUT2D eigenvalue weighted by molar-refractivity contribution is 0.0519. The topological polar surface area (TPSA) is 0 Å². The van der Waals surface area contributed by atoms with Gasteiger partial charge in [0.2, 0.25) is 0 Å². The van der Waals surface area contributed by atoms with Crippen LogP contribution in [-0.2, 0) is 0 Å². The molecule has 0 fully saturated rings. The van der Waals surface area contributed by atoms with E-state index in [-0.39, 0.29) is 0 Å². The molecule has 0 heterocycles. The zero-order valence-corrected chi connectivity index (χ0v) is 10.5. The van der Waals surface area contributed by atoms with E-state index in [1.54, 1.807) is 0 Å². The first-order valence-corrected chi connectivity index (χ1v) is 5.25. The van der Waals surface area contributed by atoms with Crippen LogP contribution in [0.25, 0.3) is 0 Å². The average molecular weight is 182 g/mol. The lowest BCUT2D eigenvalue weighted by atomic mass is 9.59. The van der Waals surface area contributed by atoms with Gasteiger partial charge in [-0.3, -0.25) is 0 Å². The van der Waals surface area contributed by atoms with E-state index in [0.29, 0.717) is 16.7 Å². The van der Waals surface area contributed by atoms with Gasteiger partial charge in [-0.2, -0.15) is 0 Å². The van der Waals surface area contributed by atoms with Gasteiger partial charge in [-0.25, -0.2) is 0 Å². The highest BCUT2D eigenvalue weighted by Crippen LogP contribution is 2.48. The van der Waals surface area contributed by atoms with Gasteiger partial charge < -0.3 is 0 Å². The summed E-state index contributed by atoms with van der Waals surface area (Å²) in [6.45, 7) is 20.2. The van der Waals surface area contributed by atoms with Crippen molar-refractivity contribution >= 4 is 0 Å². The van der Waals surface area contributed by atoms with Gasteiger partial charge in [-0.1, -0.05) is 47.1 Å². The van der Waals surface area contributed by atoms with Gasteiger partial charge >= 0.3 is 0 Å². The Kier molecular flexibility index (Phi) is 3.78. The molecule has 78 valence electrons. The van der Waals surface area contributed by atoms with E-state index < -0.39 is 0 Å². The molecule has 0 saturated carbocycles. The molecule has 1 atom stereocenters. The van der Waals surface area contributed by atoms with Crippen molar-refractivity contribution < 1.29 is 0 Å². The Morgan fingerprint density at radius 2 is 1.54 bits per heavy atom. The maximum Gasteiger partial charge on any atom is -0.0217 e. The van der Waals surface area contributed by atoms with Crippen LogP contribution in [-0.4, -0.2) is 0 Å². The molecule has 0 aromatic heterocycles. The second-order valence-electron chi connectivity index (χ2n) is 5.96. The maximum absolute atomic E-state index is 4.04. The van der Waals surface area contributed by atoms with Crippen LogP contribution in [0.5, 0.6) is 0 Å². The molecule has 0 radical (unpaired) electrons. The van der Waals surface area contributed by atoms with Crippen molar-refractivity contribution in [2.24, 2.45) is 16.7 Å². The van der Waals surface area contributed by atoms with Crippen LogP contribution in [0.3, 0.4) is 0 Å². The third-order valence-corrected chi connectivity index (χ3v) is 3.66. The molecular formula is C13H26. The van der Waals surface area contributed by atoms with E-state index in [1.165, 1.54) is 5.57 Å². The molecule has 1 unspecified atom stereocenters. The van der Waals surface area contributed by atoms with Crippen molar-refractivity contribution in [3.8, 4) is 0 Å². The van der Waals surface area contributed by atoms with Crippen LogP contribution >= 0.6 is 0 Å². The van der Waals surface area contributed by atoms with E-state index in [0.717, 1.165) is 6.42 Å². The molecule has 13 heavy (non-hydrogen) atoms. The monoisotopic (exact) mass is 182 g/mol. The van der Waals surface area contributed by atoms with Gasteiger partial charge in [0.15, 0.2) is 0 Å². The fourth-order valence-electron chi connectivity index (χ4n) is 1.96. The van der Waals surface area contributed by atoms with Gasteiger partial charge in [-0.15, -0.1) is 6.58 Å². The van der Waals surface area contributed by atoms with Crippen LogP contribution in [0.1, 0.15) is 54.9 Å². The zero-order valence-electron chi connectivity index (χ0n) is 10.5. The third-order valence-electron chi connectivity index (χ3n) is 3.66. The number of allylic oxidation sites excluding steroid dienone is 1. The minimum atomic E-state index is 0.347. The van der Waals surface area contributed by atoms with Crippen LogP contribution in [0, 0.1) is 16.7 Å². The quantitative estimate of drug-likeness (QED) is 0.557. The smallest absolute Gasteiger partial charge is 0.0217 e.